The van der Waals surface area contributed by atoms with Crippen LogP contribution in [0.5, 0.6) is 0 Å². The Morgan fingerprint density at radius 1 is 1.20 bits per heavy atom. The fourth-order valence-corrected chi connectivity index (χ4v) is 2.15. The van der Waals surface area contributed by atoms with Crippen LogP contribution < -0.4 is 10.6 Å². The molecular weight excluding hydrogens is 253 g/mol. The van der Waals surface area contributed by atoms with E-state index in [1.807, 2.05) is 36.9 Å². The van der Waals surface area contributed by atoms with Gasteiger partial charge in [-0.15, -0.1) is 0 Å². The third-order valence-corrected chi connectivity index (χ3v) is 3.36. The second-order valence-corrected chi connectivity index (χ2v) is 4.65. The van der Waals surface area contributed by atoms with Crippen LogP contribution in [0.25, 0.3) is 0 Å². The van der Waals surface area contributed by atoms with Crippen molar-refractivity contribution in [1.82, 2.24) is 4.98 Å². The van der Waals surface area contributed by atoms with Gasteiger partial charge in [0.1, 0.15) is 5.82 Å². The summed E-state index contributed by atoms with van der Waals surface area (Å²) in [5, 5.41) is 0. The first-order valence-electron chi connectivity index (χ1n) is 6.91. The van der Waals surface area contributed by atoms with E-state index in [1.54, 1.807) is 18.3 Å². The first-order chi connectivity index (χ1) is 9.67. The van der Waals surface area contributed by atoms with Crippen LogP contribution in [0.2, 0.25) is 0 Å². The Balaban J connectivity index is 2.31. The Bertz CT molecular complexity index is 554. The van der Waals surface area contributed by atoms with Gasteiger partial charge >= 0.3 is 0 Å². The number of benzene rings is 1. The van der Waals surface area contributed by atoms with Crippen LogP contribution >= 0.6 is 0 Å². The maximum absolute atomic E-state index is 13.9. The molecule has 0 bridgehead atoms. The number of pyridine rings is 1. The van der Waals surface area contributed by atoms with Crippen molar-refractivity contribution in [2.24, 2.45) is 5.73 Å². The fraction of sp³-hybridized carbons (Fsp3) is 0.312. The van der Waals surface area contributed by atoms with E-state index >= 15 is 0 Å². The summed E-state index contributed by atoms with van der Waals surface area (Å²) >= 11 is 0. The van der Waals surface area contributed by atoms with E-state index in [1.165, 1.54) is 6.07 Å². The minimum atomic E-state index is -0.233. The molecule has 2 rings (SSSR count). The van der Waals surface area contributed by atoms with Crippen molar-refractivity contribution in [3.05, 3.63) is 54.1 Å². The van der Waals surface area contributed by atoms with Crippen LogP contribution in [0.3, 0.4) is 0 Å². The molecule has 106 valence electrons. The highest BCUT2D eigenvalue weighted by Crippen LogP contribution is 2.27. The maximum atomic E-state index is 13.9. The molecule has 1 aromatic carbocycles. The highest BCUT2D eigenvalue weighted by molar-refractivity contribution is 5.62. The number of halogens is 1. The molecule has 0 saturated heterocycles. The lowest BCUT2D eigenvalue weighted by molar-refractivity contribution is 0.625. The predicted molar refractivity (Wildman–Crippen MR) is 80.5 cm³/mol. The number of rotatable bonds is 5. The van der Waals surface area contributed by atoms with Crippen molar-refractivity contribution in [2.45, 2.75) is 26.3 Å². The van der Waals surface area contributed by atoms with E-state index in [0.29, 0.717) is 12.2 Å². The summed E-state index contributed by atoms with van der Waals surface area (Å²) in [6.07, 6.45) is 2.60. The highest BCUT2D eigenvalue weighted by Gasteiger charge is 2.12. The van der Waals surface area contributed by atoms with Crippen LogP contribution in [0, 0.1) is 5.82 Å². The molecule has 1 atom stereocenters. The van der Waals surface area contributed by atoms with Gasteiger partial charge in [-0.1, -0.05) is 19.1 Å². The van der Waals surface area contributed by atoms with Crippen LogP contribution in [0.4, 0.5) is 15.8 Å². The van der Waals surface area contributed by atoms with Gasteiger partial charge < -0.3 is 10.6 Å². The molecular formula is C16H20FN3. The summed E-state index contributed by atoms with van der Waals surface area (Å²) in [5.74, 6) is -0.233. The highest BCUT2D eigenvalue weighted by atomic mass is 19.1. The van der Waals surface area contributed by atoms with E-state index in [-0.39, 0.29) is 11.9 Å². The third-order valence-electron chi connectivity index (χ3n) is 3.36. The molecule has 0 aliphatic heterocycles. The van der Waals surface area contributed by atoms with Gasteiger partial charge in [0.15, 0.2) is 0 Å². The van der Waals surface area contributed by atoms with Gasteiger partial charge in [-0.3, -0.25) is 4.98 Å². The molecule has 3 nitrogen and oxygen atoms in total. The number of nitrogens with zero attached hydrogens (tertiary/aromatic N) is 2. The fourth-order valence-electron chi connectivity index (χ4n) is 2.15. The Morgan fingerprint density at radius 3 is 2.50 bits per heavy atom. The molecule has 0 saturated carbocycles. The average molecular weight is 273 g/mol. The van der Waals surface area contributed by atoms with Crippen LogP contribution in [-0.2, 0) is 0 Å². The quantitative estimate of drug-likeness (QED) is 0.901. The predicted octanol–water partition coefficient (Wildman–Crippen LogP) is 3.79. The lowest BCUT2D eigenvalue weighted by Crippen LogP contribution is -2.18. The molecule has 2 N–H and O–H groups in total. The van der Waals surface area contributed by atoms with Crippen molar-refractivity contribution in [3.8, 4) is 0 Å². The summed E-state index contributed by atoms with van der Waals surface area (Å²) in [6, 6.07) is 10.6. The van der Waals surface area contributed by atoms with E-state index in [2.05, 4.69) is 4.98 Å². The summed E-state index contributed by atoms with van der Waals surface area (Å²) in [7, 11) is 0. The van der Waals surface area contributed by atoms with Crippen molar-refractivity contribution >= 4 is 11.4 Å². The van der Waals surface area contributed by atoms with Gasteiger partial charge in [-0.25, -0.2) is 4.39 Å². The maximum Gasteiger partial charge on any atom is 0.146 e. The molecule has 0 fully saturated rings. The zero-order valence-corrected chi connectivity index (χ0v) is 11.9. The van der Waals surface area contributed by atoms with E-state index in [0.717, 1.165) is 17.8 Å². The van der Waals surface area contributed by atoms with Gasteiger partial charge in [0.25, 0.3) is 0 Å². The normalized spacial score (nSPS) is 12.2. The van der Waals surface area contributed by atoms with Crippen LogP contribution in [0.15, 0.2) is 42.6 Å². The smallest absolute Gasteiger partial charge is 0.146 e. The molecule has 4 heteroatoms. The zero-order valence-electron chi connectivity index (χ0n) is 11.9. The average Bonchev–Trinajstić information content (AvgIpc) is 2.50. The molecule has 0 spiro atoms. The monoisotopic (exact) mass is 273 g/mol. The standard InChI is InChI=1S/C16H20FN3/c1-3-14(18)15-10-9-12(11-19-15)20(4-2)16-8-6-5-7-13(16)17/h5-11,14H,3-4,18H2,1-2H3/t14-/m0/s1. The Labute approximate surface area is 119 Å². The number of para-hydroxylation sites is 1. The minimum absolute atomic E-state index is 0.0485. The summed E-state index contributed by atoms with van der Waals surface area (Å²) in [4.78, 5) is 6.28. The van der Waals surface area contributed by atoms with Crippen molar-refractivity contribution in [3.63, 3.8) is 0 Å². The molecule has 0 amide bonds. The first-order valence-corrected chi connectivity index (χ1v) is 6.91. The largest absolute Gasteiger partial charge is 0.338 e. The third kappa shape index (κ3) is 2.96. The van der Waals surface area contributed by atoms with Crippen molar-refractivity contribution in [2.75, 3.05) is 11.4 Å². The van der Waals surface area contributed by atoms with E-state index < -0.39 is 0 Å². The molecule has 0 aliphatic rings. The van der Waals surface area contributed by atoms with E-state index in [4.69, 9.17) is 5.73 Å². The van der Waals surface area contributed by atoms with Gasteiger partial charge in [0.05, 0.1) is 23.3 Å². The summed E-state index contributed by atoms with van der Waals surface area (Å²) in [6.45, 7) is 4.68. The molecule has 1 heterocycles. The van der Waals surface area contributed by atoms with Gasteiger partial charge in [0.2, 0.25) is 0 Å². The Morgan fingerprint density at radius 2 is 1.95 bits per heavy atom. The first kappa shape index (κ1) is 14.5. The van der Waals surface area contributed by atoms with E-state index in [9.17, 15) is 4.39 Å². The number of hydrogen-bond donors (Lipinski definition) is 1. The molecule has 2 aromatic rings. The van der Waals surface area contributed by atoms with Crippen LogP contribution in [-0.4, -0.2) is 11.5 Å². The molecule has 20 heavy (non-hydrogen) atoms. The van der Waals surface area contributed by atoms with Gasteiger partial charge in [-0.05, 0) is 37.6 Å². The minimum Gasteiger partial charge on any atom is -0.338 e. The second-order valence-electron chi connectivity index (χ2n) is 4.65. The van der Waals surface area contributed by atoms with Crippen LogP contribution in [0.1, 0.15) is 32.0 Å². The molecule has 0 unspecified atom stereocenters. The van der Waals surface area contributed by atoms with Crippen molar-refractivity contribution < 1.29 is 4.39 Å². The number of nitrogens with two attached hydrogens (primary N) is 1. The number of aromatic nitrogens is 1. The zero-order chi connectivity index (χ0) is 14.5. The summed E-state index contributed by atoms with van der Waals surface area (Å²) in [5.41, 5.74) is 8.24. The Hall–Kier alpha value is -1.94. The molecule has 0 radical (unpaired) electrons. The second kappa shape index (κ2) is 6.48. The Kier molecular flexibility index (Phi) is 4.69. The van der Waals surface area contributed by atoms with Gasteiger partial charge in [0, 0.05) is 12.6 Å². The SMILES string of the molecule is CC[C@H](N)c1ccc(N(CC)c2ccccc2F)cn1. The lowest BCUT2D eigenvalue weighted by atomic mass is 10.1. The van der Waals surface area contributed by atoms with Gasteiger partial charge in [-0.2, -0.15) is 0 Å². The topological polar surface area (TPSA) is 42.1 Å². The molecule has 0 aliphatic carbocycles. The number of hydrogen-bond acceptors (Lipinski definition) is 3. The molecule has 1 aromatic heterocycles. The number of anilines is 2. The van der Waals surface area contributed by atoms with Crippen molar-refractivity contribution in [1.29, 1.82) is 0 Å². The summed E-state index contributed by atoms with van der Waals surface area (Å²) < 4.78 is 13.9. The lowest BCUT2D eigenvalue weighted by Gasteiger charge is -2.23.